The number of aliphatic carboxylic acids is 1. The van der Waals surface area contributed by atoms with Gasteiger partial charge in [0.2, 0.25) is 0 Å². The molecule has 0 radical (unpaired) electrons. The van der Waals surface area contributed by atoms with Crippen molar-refractivity contribution in [2.45, 2.75) is 38.6 Å². The van der Waals surface area contributed by atoms with E-state index >= 15 is 0 Å². The highest BCUT2D eigenvalue weighted by Crippen LogP contribution is 2.15. The highest BCUT2D eigenvalue weighted by atomic mass is 16.5. The van der Waals surface area contributed by atoms with Crippen LogP contribution in [0.3, 0.4) is 0 Å². The number of carbonyl (C=O) groups is 2. The first kappa shape index (κ1) is 14.8. The third kappa shape index (κ3) is 5.86. The summed E-state index contributed by atoms with van der Waals surface area (Å²) in [6, 6.07) is -0.598. The van der Waals surface area contributed by atoms with Crippen LogP contribution in [0.15, 0.2) is 0 Å². The van der Waals surface area contributed by atoms with Gasteiger partial charge in [0.1, 0.15) is 0 Å². The molecule has 18 heavy (non-hydrogen) atoms. The summed E-state index contributed by atoms with van der Waals surface area (Å²) in [5.41, 5.74) is 0. The first-order valence-electron chi connectivity index (χ1n) is 6.45. The Morgan fingerprint density at radius 1 is 1.50 bits per heavy atom. The molecule has 1 saturated heterocycles. The quantitative estimate of drug-likeness (QED) is 0.635. The van der Waals surface area contributed by atoms with Crippen molar-refractivity contribution in [2.24, 2.45) is 5.92 Å². The minimum absolute atomic E-state index is 0.0413. The van der Waals surface area contributed by atoms with Crippen LogP contribution >= 0.6 is 0 Å². The van der Waals surface area contributed by atoms with E-state index in [2.05, 4.69) is 10.6 Å². The van der Waals surface area contributed by atoms with Crippen LogP contribution in [0.2, 0.25) is 0 Å². The van der Waals surface area contributed by atoms with Crippen molar-refractivity contribution >= 4 is 12.0 Å². The largest absolute Gasteiger partial charge is 0.481 e. The number of amides is 2. The molecule has 0 saturated carbocycles. The molecule has 0 aromatic rings. The number of carboxylic acids is 1. The Morgan fingerprint density at radius 3 is 2.83 bits per heavy atom. The summed E-state index contributed by atoms with van der Waals surface area (Å²) in [6.07, 6.45) is 2.53. The second-order valence-electron chi connectivity index (χ2n) is 4.62. The van der Waals surface area contributed by atoms with E-state index in [1.165, 1.54) is 0 Å². The number of urea groups is 1. The van der Waals surface area contributed by atoms with Gasteiger partial charge in [0, 0.05) is 25.8 Å². The van der Waals surface area contributed by atoms with Crippen LogP contribution < -0.4 is 10.6 Å². The molecule has 0 bridgehead atoms. The molecule has 1 heterocycles. The van der Waals surface area contributed by atoms with E-state index in [-0.39, 0.29) is 18.5 Å². The number of ether oxygens (including phenoxy) is 1. The van der Waals surface area contributed by atoms with Crippen molar-refractivity contribution in [3.05, 3.63) is 0 Å². The molecule has 2 unspecified atom stereocenters. The van der Waals surface area contributed by atoms with Gasteiger partial charge in [-0.3, -0.25) is 4.79 Å². The molecule has 3 N–H and O–H groups in total. The van der Waals surface area contributed by atoms with Gasteiger partial charge >= 0.3 is 12.0 Å². The van der Waals surface area contributed by atoms with Crippen molar-refractivity contribution in [3.8, 4) is 0 Å². The number of nitrogens with one attached hydrogen (secondary N) is 2. The minimum Gasteiger partial charge on any atom is -0.481 e. The molecule has 6 heteroatoms. The second kappa shape index (κ2) is 7.92. The van der Waals surface area contributed by atoms with Crippen molar-refractivity contribution in [1.29, 1.82) is 0 Å². The van der Waals surface area contributed by atoms with Gasteiger partial charge in [0.05, 0.1) is 6.42 Å². The van der Waals surface area contributed by atoms with Gasteiger partial charge in [-0.15, -0.1) is 0 Å². The van der Waals surface area contributed by atoms with Gasteiger partial charge in [0.25, 0.3) is 0 Å². The molecule has 0 spiro atoms. The average molecular weight is 258 g/mol. The van der Waals surface area contributed by atoms with Crippen LogP contribution in [0.4, 0.5) is 4.79 Å². The fraction of sp³-hybridized carbons (Fsp3) is 0.833. The van der Waals surface area contributed by atoms with Gasteiger partial charge in [0.15, 0.2) is 0 Å². The normalized spacial score (nSPS) is 20.4. The molecule has 0 aliphatic carbocycles. The van der Waals surface area contributed by atoms with E-state index in [0.29, 0.717) is 18.9 Å². The zero-order valence-corrected chi connectivity index (χ0v) is 10.8. The Bertz CT molecular complexity index is 277. The maximum atomic E-state index is 11.5. The average Bonchev–Trinajstić information content (AvgIpc) is 2.80. The summed E-state index contributed by atoms with van der Waals surface area (Å²) in [6.45, 7) is 4.04. The van der Waals surface area contributed by atoms with E-state index < -0.39 is 5.97 Å². The molecule has 0 aromatic carbocycles. The Morgan fingerprint density at radius 2 is 2.28 bits per heavy atom. The first-order chi connectivity index (χ1) is 8.61. The summed E-state index contributed by atoms with van der Waals surface area (Å²) in [7, 11) is 0. The third-order valence-electron chi connectivity index (χ3n) is 3.11. The van der Waals surface area contributed by atoms with E-state index in [1.54, 1.807) is 0 Å². The van der Waals surface area contributed by atoms with Crippen LogP contribution in [-0.2, 0) is 9.53 Å². The molecule has 104 valence electrons. The Labute approximate surface area is 107 Å². The first-order valence-corrected chi connectivity index (χ1v) is 6.45. The lowest BCUT2D eigenvalue weighted by molar-refractivity contribution is -0.137. The highest BCUT2D eigenvalue weighted by molar-refractivity contribution is 5.75. The molecule has 2 amide bonds. The zero-order chi connectivity index (χ0) is 13.4. The lowest BCUT2D eigenvalue weighted by Gasteiger charge is -2.16. The maximum Gasteiger partial charge on any atom is 0.315 e. The molecule has 1 aliphatic heterocycles. The summed E-state index contributed by atoms with van der Waals surface area (Å²) in [5.74, 6) is -0.364. The molecule has 0 aromatic heterocycles. The molecule has 6 nitrogen and oxygen atoms in total. The van der Waals surface area contributed by atoms with Gasteiger partial charge in [-0.1, -0.05) is 6.92 Å². The van der Waals surface area contributed by atoms with E-state index in [4.69, 9.17) is 9.84 Å². The van der Waals surface area contributed by atoms with E-state index in [9.17, 15) is 9.59 Å². The standard InChI is InChI=1S/C12H22N2O4/c1-2-10(7-11(15)16)14-12(17)13-5-3-9-4-6-18-8-9/h9-10H,2-8H2,1H3,(H,15,16)(H2,13,14,17). The fourth-order valence-electron chi connectivity index (χ4n) is 1.95. The number of carbonyl (C=O) groups excluding carboxylic acids is 1. The summed E-state index contributed by atoms with van der Waals surface area (Å²) >= 11 is 0. The smallest absolute Gasteiger partial charge is 0.315 e. The van der Waals surface area contributed by atoms with E-state index in [0.717, 1.165) is 26.1 Å². The number of rotatable bonds is 7. The lowest BCUT2D eigenvalue weighted by atomic mass is 10.1. The minimum atomic E-state index is -0.898. The van der Waals surface area contributed by atoms with Crippen molar-refractivity contribution in [1.82, 2.24) is 10.6 Å². The van der Waals surface area contributed by atoms with Gasteiger partial charge in [-0.2, -0.15) is 0 Å². The molecule has 1 fully saturated rings. The molecule has 1 rings (SSSR count). The van der Waals surface area contributed by atoms with Gasteiger partial charge in [-0.25, -0.2) is 4.79 Å². The third-order valence-corrected chi connectivity index (χ3v) is 3.11. The molecule has 1 aliphatic rings. The van der Waals surface area contributed by atoms with Crippen LogP contribution in [0.5, 0.6) is 0 Å². The predicted octanol–water partition coefficient (Wildman–Crippen LogP) is 0.965. The monoisotopic (exact) mass is 258 g/mol. The van der Waals surface area contributed by atoms with Gasteiger partial charge in [-0.05, 0) is 25.2 Å². The molecule has 2 atom stereocenters. The summed E-state index contributed by atoms with van der Waals surface area (Å²) < 4.78 is 5.25. The Balaban J connectivity index is 2.13. The second-order valence-corrected chi connectivity index (χ2v) is 4.62. The van der Waals surface area contributed by atoms with Crippen LogP contribution in [0.1, 0.15) is 32.6 Å². The van der Waals surface area contributed by atoms with Crippen LogP contribution in [0, 0.1) is 5.92 Å². The fourth-order valence-corrected chi connectivity index (χ4v) is 1.95. The number of hydrogen-bond acceptors (Lipinski definition) is 3. The van der Waals surface area contributed by atoms with Crippen LogP contribution in [0.25, 0.3) is 0 Å². The van der Waals surface area contributed by atoms with Crippen LogP contribution in [-0.4, -0.2) is 42.9 Å². The maximum absolute atomic E-state index is 11.5. The zero-order valence-electron chi connectivity index (χ0n) is 10.8. The lowest BCUT2D eigenvalue weighted by Crippen LogP contribution is -2.43. The molecular weight excluding hydrogens is 236 g/mol. The van der Waals surface area contributed by atoms with Gasteiger partial charge < -0.3 is 20.5 Å². The van der Waals surface area contributed by atoms with E-state index in [1.807, 2.05) is 6.92 Å². The van der Waals surface area contributed by atoms with Crippen molar-refractivity contribution in [2.75, 3.05) is 19.8 Å². The SMILES string of the molecule is CCC(CC(=O)O)NC(=O)NCCC1CCOC1. The predicted molar refractivity (Wildman–Crippen MR) is 66.4 cm³/mol. The summed E-state index contributed by atoms with van der Waals surface area (Å²) in [4.78, 5) is 22.1. The van der Waals surface area contributed by atoms with Crippen molar-refractivity contribution in [3.63, 3.8) is 0 Å². The number of carboxylic acid groups (broad SMARTS) is 1. The topological polar surface area (TPSA) is 87.7 Å². The Hall–Kier alpha value is -1.30. The molecular formula is C12H22N2O4. The Kier molecular flexibility index (Phi) is 6.49. The number of hydrogen-bond donors (Lipinski definition) is 3. The van der Waals surface area contributed by atoms with Crippen molar-refractivity contribution < 1.29 is 19.4 Å². The highest BCUT2D eigenvalue weighted by Gasteiger charge is 2.16. The summed E-state index contributed by atoms with van der Waals surface area (Å²) in [5, 5.41) is 14.1.